The number of hydrogen-bond donors (Lipinski definition) is 1. The van der Waals surface area contributed by atoms with Crippen LogP contribution in [0, 0.1) is 26.1 Å². The van der Waals surface area contributed by atoms with Crippen molar-refractivity contribution in [2.75, 3.05) is 5.43 Å². The first kappa shape index (κ1) is 15.9. The quantitative estimate of drug-likeness (QED) is 0.655. The van der Waals surface area contributed by atoms with E-state index >= 15 is 0 Å². The molecule has 8 heteroatoms. The summed E-state index contributed by atoms with van der Waals surface area (Å²) in [4.78, 5) is 20.5. The van der Waals surface area contributed by atoms with Crippen molar-refractivity contribution in [2.24, 2.45) is 11.0 Å². The first-order valence-electron chi connectivity index (χ1n) is 7.28. The molecular formula is C14H18N4O4. The SMILES string of the molecule is CC[C@H]1CCCC/C1=N\Nc1ccc([N+](=O)[O-])cc1[N+](=O)[O-]. The lowest BCUT2D eigenvalue weighted by atomic mass is 9.86. The first-order valence-corrected chi connectivity index (χ1v) is 7.28. The summed E-state index contributed by atoms with van der Waals surface area (Å²) < 4.78 is 0. The highest BCUT2D eigenvalue weighted by Crippen LogP contribution is 2.30. The van der Waals surface area contributed by atoms with Gasteiger partial charge in [-0.15, -0.1) is 0 Å². The molecule has 1 saturated carbocycles. The molecule has 1 aliphatic rings. The fourth-order valence-electron chi connectivity index (χ4n) is 2.67. The molecule has 1 aromatic rings. The fourth-order valence-corrected chi connectivity index (χ4v) is 2.67. The highest BCUT2D eigenvalue weighted by atomic mass is 16.6. The average Bonchev–Trinajstić information content (AvgIpc) is 2.52. The van der Waals surface area contributed by atoms with E-state index in [2.05, 4.69) is 17.5 Å². The Labute approximate surface area is 127 Å². The standard InChI is InChI=1S/C14H18N4O4/c1-2-10-5-3-4-6-12(10)15-16-13-8-7-11(17(19)20)9-14(13)18(21)22/h7-10,16H,2-6H2,1H3/b15-12+/t10-/m0/s1. The van der Waals surface area contributed by atoms with Crippen molar-refractivity contribution in [1.29, 1.82) is 0 Å². The van der Waals surface area contributed by atoms with Gasteiger partial charge in [0.15, 0.2) is 0 Å². The lowest BCUT2D eigenvalue weighted by molar-refractivity contribution is -0.393. The zero-order valence-electron chi connectivity index (χ0n) is 12.3. The van der Waals surface area contributed by atoms with E-state index in [0.717, 1.165) is 37.5 Å². The van der Waals surface area contributed by atoms with Crippen molar-refractivity contribution in [3.05, 3.63) is 38.4 Å². The second-order valence-electron chi connectivity index (χ2n) is 5.28. The van der Waals surface area contributed by atoms with E-state index in [-0.39, 0.29) is 17.1 Å². The molecule has 2 rings (SSSR count). The number of hydrogen-bond acceptors (Lipinski definition) is 6. The van der Waals surface area contributed by atoms with E-state index < -0.39 is 9.85 Å². The fraction of sp³-hybridized carbons (Fsp3) is 0.500. The second kappa shape index (κ2) is 6.97. The predicted octanol–water partition coefficient (Wildman–Crippen LogP) is 3.87. The molecule has 0 spiro atoms. The molecule has 8 nitrogen and oxygen atoms in total. The molecule has 0 radical (unpaired) electrons. The number of hydrazone groups is 1. The monoisotopic (exact) mass is 306 g/mol. The summed E-state index contributed by atoms with van der Waals surface area (Å²) in [6.45, 7) is 2.10. The molecule has 1 aromatic carbocycles. The largest absolute Gasteiger partial charge is 0.301 e. The van der Waals surface area contributed by atoms with Gasteiger partial charge in [-0.3, -0.25) is 25.7 Å². The van der Waals surface area contributed by atoms with Crippen molar-refractivity contribution in [3.8, 4) is 0 Å². The summed E-state index contributed by atoms with van der Waals surface area (Å²) in [6, 6.07) is 3.50. The molecule has 0 heterocycles. The summed E-state index contributed by atoms with van der Waals surface area (Å²) in [7, 11) is 0. The molecule has 1 fully saturated rings. The van der Waals surface area contributed by atoms with E-state index in [1.54, 1.807) is 0 Å². The Morgan fingerprint density at radius 3 is 2.68 bits per heavy atom. The van der Waals surface area contributed by atoms with Gasteiger partial charge in [-0.05, 0) is 37.7 Å². The van der Waals surface area contributed by atoms with Gasteiger partial charge < -0.3 is 0 Å². The van der Waals surface area contributed by atoms with E-state index in [1.807, 2.05) is 0 Å². The molecular weight excluding hydrogens is 288 g/mol. The minimum absolute atomic E-state index is 0.170. The maximum absolute atomic E-state index is 11.1. The molecule has 0 saturated heterocycles. The summed E-state index contributed by atoms with van der Waals surface area (Å²) in [6.07, 6.45) is 5.20. The minimum atomic E-state index is -0.656. The van der Waals surface area contributed by atoms with E-state index in [0.29, 0.717) is 5.92 Å². The van der Waals surface area contributed by atoms with Gasteiger partial charge in [-0.1, -0.05) is 13.3 Å². The lowest BCUT2D eigenvalue weighted by Crippen LogP contribution is -2.19. The maximum Gasteiger partial charge on any atom is 0.301 e. The summed E-state index contributed by atoms with van der Waals surface area (Å²) in [5, 5.41) is 26.1. The van der Waals surface area contributed by atoms with Gasteiger partial charge in [0.25, 0.3) is 5.69 Å². The lowest BCUT2D eigenvalue weighted by Gasteiger charge is -2.22. The van der Waals surface area contributed by atoms with Crippen LogP contribution in [0.1, 0.15) is 39.0 Å². The zero-order chi connectivity index (χ0) is 16.1. The molecule has 0 unspecified atom stereocenters. The topological polar surface area (TPSA) is 111 Å². The van der Waals surface area contributed by atoms with E-state index in [9.17, 15) is 20.2 Å². The molecule has 0 amide bonds. The van der Waals surface area contributed by atoms with E-state index in [1.165, 1.54) is 18.6 Å². The van der Waals surface area contributed by atoms with Crippen molar-refractivity contribution in [3.63, 3.8) is 0 Å². The third-order valence-corrected chi connectivity index (χ3v) is 3.91. The second-order valence-corrected chi connectivity index (χ2v) is 5.28. The molecule has 0 bridgehead atoms. The number of nitrogens with zero attached hydrogens (tertiary/aromatic N) is 3. The third-order valence-electron chi connectivity index (χ3n) is 3.91. The van der Waals surface area contributed by atoms with Crippen LogP contribution in [-0.4, -0.2) is 15.6 Å². The summed E-state index contributed by atoms with van der Waals surface area (Å²) >= 11 is 0. The zero-order valence-corrected chi connectivity index (χ0v) is 12.3. The Morgan fingerprint density at radius 2 is 2.05 bits per heavy atom. The number of nitrogens with one attached hydrogen (secondary N) is 1. The Morgan fingerprint density at radius 1 is 1.27 bits per heavy atom. The maximum atomic E-state index is 11.1. The van der Waals surface area contributed by atoms with Crippen LogP contribution < -0.4 is 5.43 Å². The van der Waals surface area contributed by atoms with Gasteiger partial charge in [-0.25, -0.2) is 0 Å². The summed E-state index contributed by atoms with van der Waals surface area (Å²) in [5.74, 6) is 0.401. The van der Waals surface area contributed by atoms with Gasteiger partial charge in [0.1, 0.15) is 5.69 Å². The van der Waals surface area contributed by atoms with Gasteiger partial charge in [0.05, 0.1) is 15.9 Å². The number of nitro groups is 2. The van der Waals surface area contributed by atoms with Crippen molar-refractivity contribution < 1.29 is 9.85 Å². The van der Waals surface area contributed by atoms with Crippen LogP contribution in [0.2, 0.25) is 0 Å². The Kier molecular flexibility index (Phi) is 5.03. The number of rotatable bonds is 5. The molecule has 22 heavy (non-hydrogen) atoms. The van der Waals surface area contributed by atoms with Crippen LogP contribution in [0.25, 0.3) is 0 Å². The Bertz CT molecular complexity index is 615. The van der Waals surface area contributed by atoms with Crippen LogP contribution in [0.5, 0.6) is 0 Å². The Hall–Kier alpha value is -2.51. The highest BCUT2D eigenvalue weighted by Gasteiger charge is 2.21. The van der Waals surface area contributed by atoms with Gasteiger partial charge in [0.2, 0.25) is 0 Å². The third kappa shape index (κ3) is 3.57. The highest BCUT2D eigenvalue weighted by molar-refractivity contribution is 5.88. The number of benzene rings is 1. The first-order chi connectivity index (χ1) is 10.5. The number of nitro benzene ring substituents is 2. The minimum Gasteiger partial charge on any atom is -0.272 e. The Balaban J connectivity index is 2.25. The van der Waals surface area contributed by atoms with Crippen LogP contribution in [0.3, 0.4) is 0 Å². The van der Waals surface area contributed by atoms with Crippen molar-refractivity contribution in [2.45, 2.75) is 39.0 Å². The van der Waals surface area contributed by atoms with Crippen LogP contribution >= 0.6 is 0 Å². The average molecular weight is 306 g/mol. The summed E-state index contributed by atoms with van der Waals surface area (Å²) in [5.41, 5.74) is 3.25. The van der Waals surface area contributed by atoms with Crippen LogP contribution in [0.4, 0.5) is 17.1 Å². The van der Waals surface area contributed by atoms with Gasteiger partial charge in [-0.2, -0.15) is 5.10 Å². The van der Waals surface area contributed by atoms with Gasteiger partial charge in [0, 0.05) is 11.8 Å². The normalized spacial score (nSPS) is 19.9. The molecule has 0 aromatic heterocycles. The van der Waals surface area contributed by atoms with Crippen LogP contribution in [-0.2, 0) is 0 Å². The molecule has 1 atom stereocenters. The number of non-ortho nitro benzene ring substituents is 1. The number of anilines is 1. The molecule has 1 aliphatic carbocycles. The smallest absolute Gasteiger partial charge is 0.272 e. The van der Waals surface area contributed by atoms with Crippen molar-refractivity contribution >= 4 is 22.8 Å². The molecule has 0 aliphatic heterocycles. The molecule has 118 valence electrons. The van der Waals surface area contributed by atoms with Crippen molar-refractivity contribution in [1.82, 2.24) is 0 Å². The van der Waals surface area contributed by atoms with E-state index in [4.69, 9.17) is 0 Å². The predicted molar refractivity (Wildman–Crippen MR) is 83.1 cm³/mol. The van der Waals surface area contributed by atoms with Crippen LogP contribution in [0.15, 0.2) is 23.3 Å². The molecule has 1 N–H and O–H groups in total. The van der Waals surface area contributed by atoms with Gasteiger partial charge >= 0.3 is 5.69 Å².